The highest BCUT2D eigenvalue weighted by Crippen LogP contribution is 2.29. The fourth-order valence-electron chi connectivity index (χ4n) is 4.84. The lowest BCUT2D eigenvalue weighted by Crippen LogP contribution is -2.08. The molecule has 0 unspecified atom stereocenters. The molecule has 0 radical (unpaired) electrons. The molecule has 0 aliphatic carbocycles. The lowest BCUT2D eigenvalue weighted by Gasteiger charge is -2.14. The number of benzene rings is 4. The zero-order valence-electron chi connectivity index (χ0n) is 22.0. The van der Waals surface area contributed by atoms with Crippen molar-refractivity contribution in [1.29, 1.82) is 0 Å². The van der Waals surface area contributed by atoms with Crippen molar-refractivity contribution >= 4 is 45.4 Å². The summed E-state index contributed by atoms with van der Waals surface area (Å²) in [6.07, 6.45) is 4.07. The van der Waals surface area contributed by atoms with Crippen molar-refractivity contribution in [2.75, 3.05) is 0 Å². The minimum Gasteiger partial charge on any atom is -0.478 e. The molecule has 0 aromatic heterocycles. The monoisotopic (exact) mass is 540 g/mol. The Bertz CT molecular complexity index is 1710. The molecule has 4 rings (SSSR count). The SMILES string of the molecule is C=CCc1cc2cc(C(=O)O)ccc2c(CC=C)c1C(=O)O.Cc1cc2cc(C(=O)O)ccc2c(C)c1C(=O)O. The van der Waals surface area contributed by atoms with E-state index in [0.717, 1.165) is 16.2 Å². The maximum atomic E-state index is 11.6. The Morgan fingerprint density at radius 3 is 1.62 bits per heavy atom. The van der Waals surface area contributed by atoms with Gasteiger partial charge in [0, 0.05) is 0 Å². The van der Waals surface area contributed by atoms with Crippen LogP contribution in [-0.2, 0) is 12.8 Å². The van der Waals surface area contributed by atoms with Gasteiger partial charge in [0.05, 0.1) is 22.3 Å². The predicted octanol–water partition coefficient (Wildman–Crippen LogP) is 6.55. The Morgan fingerprint density at radius 2 is 1.15 bits per heavy atom. The molecule has 204 valence electrons. The fraction of sp³-hybridized carbons (Fsp3) is 0.125. The van der Waals surface area contributed by atoms with Crippen molar-refractivity contribution in [3.63, 3.8) is 0 Å². The highest BCUT2D eigenvalue weighted by Gasteiger charge is 2.19. The number of rotatable bonds is 8. The van der Waals surface area contributed by atoms with Crippen LogP contribution in [0.4, 0.5) is 0 Å². The molecule has 40 heavy (non-hydrogen) atoms. The van der Waals surface area contributed by atoms with Crippen LogP contribution in [0.25, 0.3) is 21.5 Å². The van der Waals surface area contributed by atoms with Gasteiger partial charge in [0.15, 0.2) is 0 Å². The minimum absolute atomic E-state index is 0.171. The first kappa shape index (κ1) is 29.3. The van der Waals surface area contributed by atoms with Crippen LogP contribution >= 0.6 is 0 Å². The standard InChI is InChI=1S/C18H16O4.C14H12O4/c1-3-5-11-9-13-10-12(17(19)20)7-8-14(13)15(6-4-2)16(11)18(21)22;1-7-5-10-6-9(13(15)16)3-4-11(10)8(2)12(7)14(17)18/h3-4,7-10H,1-2,5-6H2,(H,19,20)(H,21,22);3-6H,1-2H3,(H,15,16)(H,17,18). The zero-order valence-corrected chi connectivity index (χ0v) is 22.0. The molecule has 4 aromatic rings. The summed E-state index contributed by atoms with van der Waals surface area (Å²) in [6.45, 7) is 10.8. The van der Waals surface area contributed by atoms with Gasteiger partial charge in [-0.25, -0.2) is 19.2 Å². The lowest BCUT2D eigenvalue weighted by molar-refractivity contribution is 0.0684. The van der Waals surface area contributed by atoms with Gasteiger partial charge in [-0.05, 0) is 101 Å². The summed E-state index contributed by atoms with van der Waals surface area (Å²) in [4.78, 5) is 44.8. The lowest BCUT2D eigenvalue weighted by atomic mass is 9.90. The Kier molecular flexibility index (Phi) is 8.86. The first-order valence-electron chi connectivity index (χ1n) is 12.2. The van der Waals surface area contributed by atoms with Gasteiger partial charge in [-0.1, -0.05) is 30.4 Å². The number of fused-ring (bicyclic) bond motifs is 2. The Labute approximate surface area is 230 Å². The van der Waals surface area contributed by atoms with E-state index in [-0.39, 0.29) is 22.3 Å². The molecule has 4 aromatic carbocycles. The van der Waals surface area contributed by atoms with E-state index < -0.39 is 23.9 Å². The van der Waals surface area contributed by atoms with Gasteiger partial charge in [0.2, 0.25) is 0 Å². The van der Waals surface area contributed by atoms with Crippen molar-refractivity contribution in [2.45, 2.75) is 26.7 Å². The summed E-state index contributed by atoms with van der Waals surface area (Å²) in [5, 5.41) is 39.7. The number of hydrogen-bond donors (Lipinski definition) is 4. The number of carboxylic acid groups (broad SMARTS) is 4. The highest BCUT2D eigenvalue weighted by molar-refractivity contribution is 6.03. The molecular weight excluding hydrogens is 512 g/mol. The van der Waals surface area contributed by atoms with Crippen LogP contribution in [0.5, 0.6) is 0 Å². The second kappa shape index (κ2) is 12.1. The minimum atomic E-state index is -1.01. The van der Waals surface area contributed by atoms with Gasteiger partial charge in [-0.2, -0.15) is 0 Å². The van der Waals surface area contributed by atoms with Crippen LogP contribution in [0.15, 0.2) is 73.8 Å². The second-order valence-corrected chi connectivity index (χ2v) is 9.16. The number of aromatic carboxylic acids is 4. The van der Waals surface area contributed by atoms with Crippen molar-refractivity contribution in [2.24, 2.45) is 0 Å². The molecular formula is C32H28O8. The smallest absolute Gasteiger partial charge is 0.336 e. The van der Waals surface area contributed by atoms with Gasteiger partial charge in [-0.15, -0.1) is 13.2 Å². The van der Waals surface area contributed by atoms with Gasteiger partial charge in [0.25, 0.3) is 0 Å². The Morgan fingerprint density at radius 1 is 0.650 bits per heavy atom. The van der Waals surface area contributed by atoms with E-state index in [4.69, 9.17) is 15.3 Å². The van der Waals surface area contributed by atoms with E-state index in [9.17, 15) is 24.3 Å². The zero-order chi connectivity index (χ0) is 29.7. The molecule has 0 amide bonds. The number of carbonyl (C=O) groups is 4. The molecule has 0 aliphatic rings. The van der Waals surface area contributed by atoms with Gasteiger partial charge >= 0.3 is 23.9 Å². The third kappa shape index (κ3) is 5.91. The summed E-state index contributed by atoms with van der Waals surface area (Å²) in [6, 6.07) is 12.8. The van der Waals surface area contributed by atoms with Crippen LogP contribution in [0.2, 0.25) is 0 Å². The molecule has 0 spiro atoms. The highest BCUT2D eigenvalue weighted by atomic mass is 16.4. The topological polar surface area (TPSA) is 149 Å². The largest absolute Gasteiger partial charge is 0.478 e. The van der Waals surface area contributed by atoms with E-state index >= 15 is 0 Å². The van der Waals surface area contributed by atoms with Crippen molar-refractivity contribution in [3.8, 4) is 0 Å². The van der Waals surface area contributed by atoms with Crippen molar-refractivity contribution in [1.82, 2.24) is 0 Å². The van der Waals surface area contributed by atoms with Crippen LogP contribution in [0, 0.1) is 13.8 Å². The first-order chi connectivity index (χ1) is 18.9. The van der Waals surface area contributed by atoms with Crippen molar-refractivity contribution < 1.29 is 39.6 Å². The average molecular weight is 541 g/mol. The molecule has 0 saturated carbocycles. The van der Waals surface area contributed by atoms with Crippen molar-refractivity contribution in [3.05, 3.63) is 118 Å². The molecule has 0 atom stereocenters. The Balaban J connectivity index is 0.000000225. The molecule has 0 heterocycles. The maximum Gasteiger partial charge on any atom is 0.336 e. The number of aryl methyl sites for hydroxylation is 2. The van der Waals surface area contributed by atoms with E-state index in [2.05, 4.69) is 13.2 Å². The van der Waals surface area contributed by atoms with E-state index in [0.29, 0.717) is 40.5 Å². The molecule has 0 saturated heterocycles. The summed E-state index contributed by atoms with van der Waals surface area (Å²) in [5.74, 6) is -3.97. The van der Waals surface area contributed by atoms with Crippen LogP contribution in [-0.4, -0.2) is 44.3 Å². The molecule has 8 nitrogen and oxygen atoms in total. The van der Waals surface area contributed by atoms with E-state index in [1.54, 1.807) is 62.4 Å². The molecule has 0 bridgehead atoms. The third-order valence-corrected chi connectivity index (χ3v) is 6.56. The van der Waals surface area contributed by atoms with E-state index in [1.807, 2.05) is 0 Å². The quantitative estimate of drug-likeness (QED) is 0.184. The Hall–Kier alpha value is -5.24. The first-order valence-corrected chi connectivity index (χ1v) is 12.2. The van der Waals surface area contributed by atoms with Gasteiger partial charge in [-0.3, -0.25) is 0 Å². The van der Waals surface area contributed by atoms with Crippen LogP contribution < -0.4 is 0 Å². The van der Waals surface area contributed by atoms with Gasteiger partial charge < -0.3 is 20.4 Å². The fourth-order valence-corrected chi connectivity index (χ4v) is 4.84. The molecule has 4 N–H and O–H groups in total. The normalized spacial score (nSPS) is 10.4. The van der Waals surface area contributed by atoms with E-state index in [1.165, 1.54) is 12.1 Å². The number of carboxylic acids is 4. The predicted molar refractivity (Wildman–Crippen MR) is 153 cm³/mol. The summed E-state index contributed by atoms with van der Waals surface area (Å²) >= 11 is 0. The van der Waals surface area contributed by atoms with Crippen LogP contribution in [0.3, 0.4) is 0 Å². The average Bonchev–Trinajstić information content (AvgIpc) is 2.88. The summed E-state index contributed by atoms with van der Waals surface area (Å²) in [5.41, 5.74) is 3.46. The summed E-state index contributed by atoms with van der Waals surface area (Å²) in [7, 11) is 0. The third-order valence-electron chi connectivity index (χ3n) is 6.56. The molecule has 0 aliphatic heterocycles. The summed E-state index contributed by atoms with van der Waals surface area (Å²) < 4.78 is 0. The molecule has 8 heteroatoms. The number of allylic oxidation sites excluding steroid dienone is 2. The van der Waals surface area contributed by atoms with Gasteiger partial charge in [0.1, 0.15) is 0 Å². The molecule has 0 fully saturated rings. The second-order valence-electron chi connectivity index (χ2n) is 9.16. The maximum absolute atomic E-state index is 11.6. The van der Waals surface area contributed by atoms with Crippen LogP contribution in [0.1, 0.15) is 63.7 Å². The number of hydrogen-bond acceptors (Lipinski definition) is 4.